The molecule has 2 amide bonds. The lowest BCUT2D eigenvalue weighted by atomic mass is 10.3. The number of rotatable bonds is 3. The minimum atomic E-state index is -0.325. The summed E-state index contributed by atoms with van der Waals surface area (Å²) in [5.41, 5.74) is 0.532. The molecule has 0 fully saturated rings. The molecule has 0 bridgehead atoms. The van der Waals surface area contributed by atoms with E-state index in [1.807, 2.05) is 0 Å². The molecule has 0 aliphatic rings. The fourth-order valence-electron chi connectivity index (χ4n) is 0.984. The number of benzene rings is 1. The Labute approximate surface area is 103 Å². The third kappa shape index (κ3) is 4.08. The summed E-state index contributed by atoms with van der Waals surface area (Å²) in [4.78, 5) is 21.9. The van der Waals surface area contributed by atoms with Gasteiger partial charge in [-0.15, -0.1) is 0 Å². The van der Waals surface area contributed by atoms with Gasteiger partial charge in [-0.25, -0.2) is 0 Å². The highest BCUT2D eigenvalue weighted by molar-refractivity contribution is 6.42. The molecule has 0 heterocycles. The fourth-order valence-corrected chi connectivity index (χ4v) is 1.28. The van der Waals surface area contributed by atoms with Gasteiger partial charge in [0.15, 0.2) is 0 Å². The van der Waals surface area contributed by atoms with Crippen molar-refractivity contribution in [3.05, 3.63) is 28.2 Å². The van der Waals surface area contributed by atoms with Crippen molar-refractivity contribution in [2.45, 2.75) is 6.92 Å². The molecule has 0 saturated carbocycles. The molecule has 16 heavy (non-hydrogen) atoms. The molecule has 2 N–H and O–H groups in total. The largest absolute Gasteiger partial charge is 0.347 e. The Balaban J connectivity index is 2.56. The molecule has 4 nitrogen and oxygen atoms in total. The number of nitrogens with one attached hydrogen (secondary N) is 2. The zero-order valence-electron chi connectivity index (χ0n) is 8.51. The molecule has 86 valence electrons. The molecule has 0 atom stereocenters. The lowest BCUT2D eigenvalue weighted by Gasteiger charge is -2.06. The molecule has 0 unspecified atom stereocenters. The highest BCUT2D eigenvalue weighted by Gasteiger charge is 2.04. The van der Waals surface area contributed by atoms with Crippen LogP contribution < -0.4 is 10.6 Å². The van der Waals surface area contributed by atoms with Gasteiger partial charge in [-0.3, -0.25) is 9.59 Å². The van der Waals surface area contributed by atoms with Gasteiger partial charge in [0.25, 0.3) is 0 Å². The monoisotopic (exact) mass is 260 g/mol. The van der Waals surface area contributed by atoms with Crippen LogP contribution in [0.1, 0.15) is 6.92 Å². The lowest BCUT2D eigenvalue weighted by Crippen LogP contribution is -2.31. The van der Waals surface area contributed by atoms with Crippen LogP contribution in [0.25, 0.3) is 0 Å². The first-order chi connectivity index (χ1) is 7.49. The van der Waals surface area contributed by atoms with E-state index in [9.17, 15) is 9.59 Å². The van der Waals surface area contributed by atoms with Gasteiger partial charge in [-0.2, -0.15) is 0 Å². The van der Waals surface area contributed by atoms with Gasteiger partial charge >= 0.3 is 0 Å². The summed E-state index contributed by atoms with van der Waals surface area (Å²) in [6.07, 6.45) is 0. The smallest absolute Gasteiger partial charge is 0.243 e. The van der Waals surface area contributed by atoms with Crippen LogP contribution in [-0.2, 0) is 9.59 Å². The van der Waals surface area contributed by atoms with Crippen molar-refractivity contribution in [1.29, 1.82) is 0 Å². The third-order valence-electron chi connectivity index (χ3n) is 1.70. The van der Waals surface area contributed by atoms with E-state index in [4.69, 9.17) is 23.2 Å². The number of anilines is 1. The van der Waals surface area contributed by atoms with Crippen LogP contribution in [0.5, 0.6) is 0 Å². The predicted molar refractivity (Wildman–Crippen MR) is 63.8 cm³/mol. The molecule has 1 aromatic carbocycles. The van der Waals surface area contributed by atoms with Gasteiger partial charge in [-0.1, -0.05) is 23.2 Å². The Morgan fingerprint density at radius 3 is 2.50 bits per heavy atom. The molecular formula is C10H10Cl2N2O2. The Morgan fingerprint density at radius 1 is 1.25 bits per heavy atom. The van der Waals surface area contributed by atoms with Crippen molar-refractivity contribution in [1.82, 2.24) is 5.32 Å². The Bertz CT molecular complexity index is 421. The summed E-state index contributed by atoms with van der Waals surface area (Å²) in [5.74, 6) is -0.585. The van der Waals surface area contributed by atoms with Crippen molar-refractivity contribution in [2.75, 3.05) is 11.9 Å². The zero-order valence-corrected chi connectivity index (χ0v) is 10.0. The van der Waals surface area contributed by atoms with Crippen molar-refractivity contribution in [2.24, 2.45) is 0 Å². The van der Waals surface area contributed by atoms with Crippen LogP contribution in [0.15, 0.2) is 18.2 Å². The summed E-state index contributed by atoms with van der Waals surface area (Å²) in [5, 5.41) is 5.73. The summed E-state index contributed by atoms with van der Waals surface area (Å²) in [6.45, 7) is 1.27. The standard InChI is InChI=1S/C10H10Cl2N2O2/c1-6(15)13-5-10(16)14-7-2-3-8(11)9(12)4-7/h2-4H,5H2,1H3,(H,13,15)(H,14,16). The minimum Gasteiger partial charge on any atom is -0.347 e. The SMILES string of the molecule is CC(=O)NCC(=O)Nc1ccc(Cl)c(Cl)c1. The maximum atomic E-state index is 11.3. The number of hydrogen-bond donors (Lipinski definition) is 2. The molecule has 0 aliphatic heterocycles. The second-order valence-electron chi connectivity index (χ2n) is 3.09. The van der Waals surface area contributed by atoms with Crippen molar-refractivity contribution >= 4 is 40.7 Å². The molecule has 0 aliphatic carbocycles. The Kier molecular flexibility index (Phi) is 4.58. The number of carbonyl (C=O) groups excluding carboxylic acids is 2. The highest BCUT2D eigenvalue weighted by atomic mass is 35.5. The average Bonchev–Trinajstić information content (AvgIpc) is 2.21. The van der Waals surface area contributed by atoms with E-state index in [0.29, 0.717) is 15.7 Å². The van der Waals surface area contributed by atoms with Crippen molar-refractivity contribution in [3.63, 3.8) is 0 Å². The lowest BCUT2D eigenvalue weighted by molar-refractivity contribution is -0.122. The fraction of sp³-hybridized carbons (Fsp3) is 0.200. The van der Waals surface area contributed by atoms with Gasteiger partial charge in [0.2, 0.25) is 11.8 Å². The van der Waals surface area contributed by atoms with E-state index >= 15 is 0 Å². The number of hydrogen-bond acceptors (Lipinski definition) is 2. The molecule has 0 radical (unpaired) electrons. The van der Waals surface area contributed by atoms with E-state index in [2.05, 4.69) is 10.6 Å². The highest BCUT2D eigenvalue weighted by Crippen LogP contribution is 2.24. The Hall–Kier alpha value is -1.26. The van der Waals surface area contributed by atoms with E-state index in [1.165, 1.54) is 13.0 Å². The zero-order chi connectivity index (χ0) is 12.1. The van der Waals surface area contributed by atoms with Crippen LogP contribution in [0, 0.1) is 0 Å². The molecular weight excluding hydrogens is 251 g/mol. The van der Waals surface area contributed by atoms with Crippen molar-refractivity contribution < 1.29 is 9.59 Å². The van der Waals surface area contributed by atoms with Gasteiger partial charge in [0.1, 0.15) is 0 Å². The van der Waals surface area contributed by atoms with Gasteiger partial charge in [-0.05, 0) is 18.2 Å². The average molecular weight is 261 g/mol. The van der Waals surface area contributed by atoms with E-state index in [0.717, 1.165) is 0 Å². The van der Waals surface area contributed by atoms with Crippen LogP contribution >= 0.6 is 23.2 Å². The van der Waals surface area contributed by atoms with E-state index < -0.39 is 0 Å². The van der Waals surface area contributed by atoms with Gasteiger partial charge in [0, 0.05) is 12.6 Å². The van der Waals surface area contributed by atoms with Gasteiger partial charge < -0.3 is 10.6 Å². The molecule has 0 saturated heterocycles. The topological polar surface area (TPSA) is 58.2 Å². The molecule has 0 aromatic heterocycles. The first-order valence-electron chi connectivity index (χ1n) is 4.48. The number of carbonyl (C=O) groups is 2. The second-order valence-corrected chi connectivity index (χ2v) is 3.90. The minimum absolute atomic E-state index is 0.0738. The van der Waals surface area contributed by atoms with Crippen molar-refractivity contribution in [3.8, 4) is 0 Å². The molecule has 1 aromatic rings. The summed E-state index contributed by atoms with van der Waals surface area (Å²) < 4.78 is 0. The molecule has 1 rings (SSSR count). The first-order valence-corrected chi connectivity index (χ1v) is 5.24. The molecule has 6 heteroatoms. The quantitative estimate of drug-likeness (QED) is 0.875. The van der Waals surface area contributed by atoms with Crippen LogP contribution in [-0.4, -0.2) is 18.4 Å². The number of amides is 2. The van der Waals surface area contributed by atoms with Crippen LogP contribution in [0.3, 0.4) is 0 Å². The third-order valence-corrected chi connectivity index (χ3v) is 2.44. The normalized spacial score (nSPS) is 9.69. The van der Waals surface area contributed by atoms with Crippen LogP contribution in [0.2, 0.25) is 10.0 Å². The predicted octanol–water partition coefficient (Wildman–Crippen LogP) is 2.07. The van der Waals surface area contributed by atoms with E-state index in [-0.39, 0.29) is 18.4 Å². The summed E-state index contributed by atoms with van der Waals surface area (Å²) in [7, 11) is 0. The second kappa shape index (κ2) is 5.72. The van der Waals surface area contributed by atoms with Crippen LogP contribution in [0.4, 0.5) is 5.69 Å². The Morgan fingerprint density at radius 2 is 1.94 bits per heavy atom. The summed E-state index contributed by atoms with van der Waals surface area (Å²) in [6, 6.07) is 4.74. The molecule has 0 spiro atoms. The maximum Gasteiger partial charge on any atom is 0.243 e. The number of halogens is 2. The van der Waals surface area contributed by atoms with Gasteiger partial charge in [0.05, 0.1) is 16.6 Å². The van der Waals surface area contributed by atoms with E-state index in [1.54, 1.807) is 12.1 Å². The first kappa shape index (κ1) is 12.8. The summed E-state index contributed by atoms with van der Waals surface area (Å²) >= 11 is 11.5. The maximum absolute atomic E-state index is 11.3.